The number of rotatable bonds is 5. The maximum Gasteiger partial charge on any atom is 0.120 e. The van der Waals surface area contributed by atoms with Gasteiger partial charge in [0, 0.05) is 17.8 Å². The predicted octanol–water partition coefficient (Wildman–Crippen LogP) is 3.24. The Morgan fingerprint density at radius 1 is 1.47 bits per heavy atom. The summed E-state index contributed by atoms with van der Waals surface area (Å²) in [5.41, 5.74) is 8.45. The SMILES string of the molecule is Cc1nc(CC(N)c2cccc(OC3CC3)c2)cs1. The molecule has 1 atom stereocenters. The van der Waals surface area contributed by atoms with Gasteiger partial charge in [0.2, 0.25) is 0 Å². The topological polar surface area (TPSA) is 48.1 Å². The van der Waals surface area contributed by atoms with Crippen LogP contribution in [0.15, 0.2) is 29.6 Å². The lowest BCUT2D eigenvalue weighted by atomic mass is 10.0. The number of aryl methyl sites for hydroxylation is 1. The fourth-order valence-corrected chi connectivity index (χ4v) is 2.67. The molecule has 2 aromatic rings. The summed E-state index contributed by atoms with van der Waals surface area (Å²) in [4.78, 5) is 4.46. The van der Waals surface area contributed by atoms with Gasteiger partial charge in [-0.1, -0.05) is 12.1 Å². The Bertz CT molecular complexity index is 563. The van der Waals surface area contributed by atoms with Crippen LogP contribution >= 0.6 is 11.3 Å². The van der Waals surface area contributed by atoms with Crippen molar-refractivity contribution in [3.05, 3.63) is 45.9 Å². The highest BCUT2D eigenvalue weighted by molar-refractivity contribution is 7.09. The van der Waals surface area contributed by atoms with E-state index in [-0.39, 0.29) is 6.04 Å². The lowest BCUT2D eigenvalue weighted by Gasteiger charge is -2.12. The first kappa shape index (κ1) is 12.6. The summed E-state index contributed by atoms with van der Waals surface area (Å²) in [6, 6.07) is 8.11. The molecule has 1 aromatic carbocycles. The molecule has 1 fully saturated rings. The molecule has 1 aliphatic carbocycles. The molecule has 3 rings (SSSR count). The van der Waals surface area contributed by atoms with Crippen LogP contribution in [0.5, 0.6) is 5.75 Å². The molecule has 1 aromatic heterocycles. The summed E-state index contributed by atoms with van der Waals surface area (Å²) in [7, 11) is 0. The van der Waals surface area contributed by atoms with Gasteiger partial charge in [0.05, 0.1) is 16.8 Å². The van der Waals surface area contributed by atoms with E-state index in [4.69, 9.17) is 10.5 Å². The molecule has 2 N–H and O–H groups in total. The van der Waals surface area contributed by atoms with Gasteiger partial charge in [-0.25, -0.2) is 4.98 Å². The molecule has 19 heavy (non-hydrogen) atoms. The van der Waals surface area contributed by atoms with Crippen molar-refractivity contribution < 1.29 is 4.74 Å². The third-order valence-electron chi connectivity index (χ3n) is 3.21. The first-order valence-electron chi connectivity index (χ1n) is 6.64. The number of aromatic nitrogens is 1. The van der Waals surface area contributed by atoms with E-state index in [9.17, 15) is 0 Å². The molecule has 0 saturated heterocycles. The van der Waals surface area contributed by atoms with Crippen LogP contribution in [0.25, 0.3) is 0 Å². The maximum absolute atomic E-state index is 6.26. The molecule has 0 spiro atoms. The largest absolute Gasteiger partial charge is 0.490 e. The van der Waals surface area contributed by atoms with Gasteiger partial charge in [-0.05, 0) is 37.5 Å². The number of hydrogen-bond acceptors (Lipinski definition) is 4. The monoisotopic (exact) mass is 274 g/mol. The molecule has 1 saturated carbocycles. The van der Waals surface area contributed by atoms with Crippen molar-refractivity contribution in [2.24, 2.45) is 5.73 Å². The summed E-state index contributed by atoms with van der Waals surface area (Å²) in [5, 5.41) is 3.17. The highest BCUT2D eigenvalue weighted by Crippen LogP contribution is 2.28. The Kier molecular flexibility index (Phi) is 3.53. The molecule has 0 radical (unpaired) electrons. The summed E-state index contributed by atoms with van der Waals surface area (Å²) in [5.74, 6) is 0.935. The lowest BCUT2D eigenvalue weighted by molar-refractivity contribution is 0.302. The van der Waals surface area contributed by atoms with Crippen LogP contribution in [0.4, 0.5) is 0 Å². The normalized spacial score (nSPS) is 16.3. The van der Waals surface area contributed by atoms with Crippen molar-refractivity contribution in [3.63, 3.8) is 0 Å². The molecule has 3 nitrogen and oxygen atoms in total. The number of nitrogens with zero attached hydrogens (tertiary/aromatic N) is 1. The third-order valence-corrected chi connectivity index (χ3v) is 4.03. The molecular weight excluding hydrogens is 256 g/mol. The van der Waals surface area contributed by atoms with E-state index in [2.05, 4.69) is 22.5 Å². The summed E-state index contributed by atoms with van der Waals surface area (Å²) in [6.07, 6.45) is 3.55. The summed E-state index contributed by atoms with van der Waals surface area (Å²) < 4.78 is 5.80. The minimum atomic E-state index is -0.0238. The van der Waals surface area contributed by atoms with E-state index < -0.39 is 0 Å². The van der Waals surface area contributed by atoms with Crippen LogP contribution in [-0.4, -0.2) is 11.1 Å². The van der Waals surface area contributed by atoms with Crippen molar-refractivity contribution in [3.8, 4) is 5.75 Å². The zero-order valence-electron chi connectivity index (χ0n) is 11.0. The van der Waals surface area contributed by atoms with E-state index in [0.717, 1.165) is 28.4 Å². The number of ether oxygens (including phenoxy) is 1. The number of nitrogens with two attached hydrogens (primary N) is 1. The van der Waals surface area contributed by atoms with E-state index in [1.54, 1.807) is 11.3 Å². The second-order valence-corrected chi connectivity index (χ2v) is 6.12. The molecular formula is C15H18N2OS. The second-order valence-electron chi connectivity index (χ2n) is 5.06. The summed E-state index contributed by atoms with van der Waals surface area (Å²) >= 11 is 1.67. The quantitative estimate of drug-likeness (QED) is 0.910. The number of hydrogen-bond donors (Lipinski definition) is 1. The van der Waals surface area contributed by atoms with Crippen molar-refractivity contribution in [2.45, 2.75) is 38.3 Å². The van der Waals surface area contributed by atoms with Crippen molar-refractivity contribution in [1.29, 1.82) is 0 Å². The standard InChI is InChI=1S/C15H18N2OS/c1-10-17-12(9-19-10)8-15(16)11-3-2-4-14(7-11)18-13-5-6-13/h2-4,7,9,13,15H,5-6,8,16H2,1H3. The van der Waals surface area contributed by atoms with E-state index >= 15 is 0 Å². The first-order chi connectivity index (χ1) is 9.20. The Hall–Kier alpha value is -1.39. The number of thiazole rings is 1. The molecule has 0 aliphatic heterocycles. The zero-order valence-corrected chi connectivity index (χ0v) is 11.8. The van der Waals surface area contributed by atoms with E-state index in [1.807, 2.05) is 19.1 Å². The van der Waals surface area contributed by atoms with Gasteiger partial charge in [-0.2, -0.15) is 0 Å². The van der Waals surface area contributed by atoms with Gasteiger partial charge in [0.1, 0.15) is 5.75 Å². The number of benzene rings is 1. The molecule has 100 valence electrons. The van der Waals surface area contributed by atoms with Crippen LogP contribution in [0, 0.1) is 6.92 Å². The zero-order chi connectivity index (χ0) is 13.2. The van der Waals surface area contributed by atoms with Gasteiger partial charge >= 0.3 is 0 Å². The second kappa shape index (κ2) is 5.31. The van der Waals surface area contributed by atoms with Gasteiger partial charge in [-0.3, -0.25) is 0 Å². The Morgan fingerprint density at radius 2 is 2.32 bits per heavy atom. The molecule has 0 amide bonds. The van der Waals surface area contributed by atoms with Crippen molar-refractivity contribution in [1.82, 2.24) is 4.98 Å². The fraction of sp³-hybridized carbons (Fsp3) is 0.400. The average Bonchev–Trinajstić information content (AvgIpc) is 3.11. The van der Waals surface area contributed by atoms with Crippen LogP contribution in [0.3, 0.4) is 0 Å². The Labute approximate surface area is 117 Å². The predicted molar refractivity (Wildman–Crippen MR) is 77.6 cm³/mol. The summed E-state index contributed by atoms with van der Waals surface area (Å²) in [6.45, 7) is 2.02. The Morgan fingerprint density at radius 3 is 3.00 bits per heavy atom. The lowest BCUT2D eigenvalue weighted by Crippen LogP contribution is -2.13. The molecule has 1 unspecified atom stereocenters. The Balaban J connectivity index is 1.69. The van der Waals surface area contributed by atoms with Crippen molar-refractivity contribution >= 4 is 11.3 Å². The van der Waals surface area contributed by atoms with Crippen molar-refractivity contribution in [2.75, 3.05) is 0 Å². The highest BCUT2D eigenvalue weighted by atomic mass is 32.1. The van der Waals surface area contributed by atoms with Gasteiger partial charge in [-0.15, -0.1) is 11.3 Å². The van der Waals surface area contributed by atoms with Gasteiger partial charge < -0.3 is 10.5 Å². The molecule has 1 aliphatic rings. The van der Waals surface area contributed by atoms with Gasteiger partial charge in [0.25, 0.3) is 0 Å². The van der Waals surface area contributed by atoms with E-state index in [0.29, 0.717) is 6.10 Å². The highest BCUT2D eigenvalue weighted by Gasteiger charge is 2.23. The van der Waals surface area contributed by atoms with E-state index in [1.165, 1.54) is 12.8 Å². The average molecular weight is 274 g/mol. The first-order valence-corrected chi connectivity index (χ1v) is 7.52. The minimum Gasteiger partial charge on any atom is -0.490 e. The van der Waals surface area contributed by atoms with Crippen LogP contribution in [-0.2, 0) is 6.42 Å². The van der Waals surface area contributed by atoms with Crippen LogP contribution < -0.4 is 10.5 Å². The molecule has 1 heterocycles. The third kappa shape index (κ3) is 3.33. The fourth-order valence-electron chi connectivity index (χ4n) is 2.04. The maximum atomic E-state index is 6.26. The van der Waals surface area contributed by atoms with Gasteiger partial charge in [0.15, 0.2) is 0 Å². The molecule has 0 bridgehead atoms. The van der Waals surface area contributed by atoms with Crippen LogP contribution in [0.2, 0.25) is 0 Å². The molecule has 4 heteroatoms. The smallest absolute Gasteiger partial charge is 0.120 e. The van der Waals surface area contributed by atoms with Crippen LogP contribution in [0.1, 0.15) is 35.1 Å². The minimum absolute atomic E-state index is 0.0238.